The first kappa shape index (κ1) is 18.7. The normalized spacial score (nSPS) is 16.6. The molecule has 2 aromatic heterocycles. The molecule has 0 bridgehead atoms. The van der Waals surface area contributed by atoms with E-state index in [0.717, 1.165) is 42.8 Å². The molecule has 3 aromatic rings. The molecule has 5 rings (SSSR count). The zero-order valence-corrected chi connectivity index (χ0v) is 17.1. The molecule has 0 atom stereocenters. The smallest absolute Gasteiger partial charge is 0.257 e. The average Bonchev–Trinajstić information content (AvgIpc) is 3.26. The molecule has 1 spiro atoms. The number of hydrogen-bond acceptors (Lipinski definition) is 5. The van der Waals surface area contributed by atoms with Crippen molar-refractivity contribution in [2.24, 2.45) is 0 Å². The summed E-state index contributed by atoms with van der Waals surface area (Å²) in [4.78, 5) is 17.1. The van der Waals surface area contributed by atoms with Crippen molar-refractivity contribution in [2.75, 3.05) is 5.32 Å². The minimum absolute atomic E-state index is 0.228. The van der Waals surface area contributed by atoms with Crippen LogP contribution in [0.3, 0.4) is 0 Å². The third-order valence-corrected chi connectivity index (χ3v) is 5.65. The van der Waals surface area contributed by atoms with E-state index in [1.807, 2.05) is 38.1 Å². The Morgan fingerprint density at radius 1 is 1.03 bits per heavy atom. The number of ether oxygens (including phenoxy) is 2. The Bertz CT molecular complexity index is 1100. The van der Waals surface area contributed by atoms with Gasteiger partial charge in [-0.3, -0.25) is 4.79 Å². The van der Waals surface area contributed by atoms with Gasteiger partial charge in [0.05, 0.1) is 11.3 Å². The van der Waals surface area contributed by atoms with Crippen molar-refractivity contribution in [1.29, 1.82) is 0 Å². The second-order valence-corrected chi connectivity index (χ2v) is 8.04. The first-order chi connectivity index (χ1) is 14.5. The molecular weight excluding hydrogens is 380 g/mol. The maximum Gasteiger partial charge on any atom is 0.257 e. The summed E-state index contributed by atoms with van der Waals surface area (Å²) < 4.78 is 14.0. The molecule has 1 saturated carbocycles. The van der Waals surface area contributed by atoms with Gasteiger partial charge in [-0.05, 0) is 57.0 Å². The summed E-state index contributed by atoms with van der Waals surface area (Å²) in [5.74, 6) is 1.36. The van der Waals surface area contributed by atoms with Crippen LogP contribution in [0.2, 0.25) is 0 Å². The summed E-state index contributed by atoms with van der Waals surface area (Å²) >= 11 is 0. The molecule has 1 fully saturated rings. The van der Waals surface area contributed by atoms with Crippen LogP contribution in [0.5, 0.6) is 11.5 Å². The fourth-order valence-corrected chi connectivity index (χ4v) is 4.18. The number of fused-ring (bicyclic) bond motifs is 1. The fourth-order valence-electron chi connectivity index (χ4n) is 4.18. The van der Waals surface area contributed by atoms with Crippen LogP contribution in [0.25, 0.3) is 5.82 Å². The summed E-state index contributed by atoms with van der Waals surface area (Å²) in [7, 11) is 0. The highest BCUT2D eigenvalue weighted by atomic mass is 16.7. The van der Waals surface area contributed by atoms with Gasteiger partial charge in [0.15, 0.2) is 17.3 Å². The van der Waals surface area contributed by atoms with Gasteiger partial charge in [0.1, 0.15) is 0 Å². The topological polar surface area (TPSA) is 78.3 Å². The lowest BCUT2D eigenvalue weighted by Gasteiger charge is -2.31. The first-order valence-electron chi connectivity index (χ1n) is 10.3. The maximum atomic E-state index is 12.7. The predicted molar refractivity (Wildman–Crippen MR) is 112 cm³/mol. The second-order valence-electron chi connectivity index (χ2n) is 8.04. The minimum Gasteiger partial charge on any atom is -0.448 e. The molecule has 1 N–H and O–H groups in total. The number of pyridine rings is 1. The van der Waals surface area contributed by atoms with Crippen LogP contribution in [0.4, 0.5) is 5.69 Å². The number of nitrogens with one attached hydrogen (secondary N) is 1. The quantitative estimate of drug-likeness (QED) is 0.692. The lowest BCUT2D eigenvalue weighted by molar-refractivity contribution is -0.105. The lowest BCUT2D eigenvalue weighted by Crippen LogP contribution is -2.40. The predicted octanol–water partition coefficient (Wildman–Crippen LogP) is 4.57. The molecule has 1 aromatic carbocycles. The minimum atomic E-state index is -0.522. The van der Waals surface area contributed by atoms with Gasteiger partial charge in [-0.25, -0.2) is 9.67 Å². The van der Waals surface area contributed by atoms with E-state index in [1.54, 1.807) is 23.0 Å². The molecule has 7 nitrogen and oxygen atoms in total. The van der Waals surface area contributed by atoms with Gasteiger partial charge in [-0.15, -0.1) is 0 Å². The third kappa shape index (κ3) is 3.40. The van der Waals surface area contributed by atoms with E-state index in [4.69, 9.17) is 9.47 Å². The van der Waals surface area contributed by atoms with Crippen molar-refractivity contribution in [3.8, 4) is 17.3 Å². The molecule has 30 heavy (non-hydrogen) atoms. The molecule has 7 heteroatoms. The number of benzene rings is 1. The van der Waals surface area contributed by atoms with E-state index in [2.05, 4.69) is 15.4 Å². The maximum absolute atomic E-state index is 12.7. The van der Waals surface area contributed by atoms with Crippen LogP contribution in [0, 0.1) is 13.8 Å². The molecule has 1 amide bonds. The van der Waals surface area contributed by atoms with Crippen molar-refractivity contribution >= 4 is 11.6 Å². The molecule has 1 aliphatic heterocycles. The number of hydrogen-bond donors (Lipinski definition) is 1. The molecule has 0 unspecified atom stereocenters. The molecule has 2 aliphatic rings. The summed E-state index contributed by atoms with van der Waals surface area (Å²) in [6, 6.07) is 11.0. The van der Waals surface area contributed by atoms with Crippen molar-refractivity contribution in [1.82, 2.24) is 14.8 Å². The summed E-state index contributed by atoms with van der Waals surface area (Å²) in [5.41, 5.74) is 3.06. The molecule has 1 aliphatic carbocycles. The number of aryl methyl sites for hydroxylation is 2. The Morgan fingerprint density at radius 3 is 2.53 bits per heavy atom. The van der Waals surface area contributed by atoms with Gasteiger partial charge in [0.2, 0.25) is 0 Å². The highest BCUT2D eigenvalue weighted by molar-refractivity contribution is 6.04. The number of amides is 1. The van der Waals surface area contributed by atoms with Crippen LogP contribution in [0.15, 0.2) is 42.6 Å². The number of nitrogens with zero attached hydrogens (tertiary/aromatic N) is 3. The highest BCUT2D eigenvalue weighted by Gasteiger charge is 2.42. The molecule has 154 valence electrons. The second kappa shape index (κ2) is 7.16. The lowest BCUT2D eigenvalue weighted by atomic mass is 9.94. The summed E-state index contributed by atoms with van der Waals surface area (Å²) in [6.45, 7) is 3.91. The Hall–Kier alpha value is -3.35. The van der Waals surface area contributed by atoms with Crippen LogP contribution < -0.4 is 14.8 Å². The number of rotatable bonds is 3. The fraction of sp³-hybridized carbons (Fsp3) is 0.348. The van der Waals surface area contributed by atoms with E-state index in [1.165, 1.54) is 6.42 Å². The number of anilines is 1. The molecule has 0 saturated heterocycles. The SMILES string of the molecule is Cc1cc(C)n(-c2ccc(C(=O)Nc3ccc4c(c3)OC3(CCCCC3)O4)cn2)n1. The van der Waals surface area contributed by atoms with Gasteiger partial charge in [-0.2, -0.15) is 5.10 Å². The standard InChI is InChI=1S/C23H24N4O3/c1-15-12-16(2)27(26-15)21-9-6-17(14-24-21)22(28)25-18-7-8-19-20(13-18)30-23(29-19)10-4-3-5-11-23/h6-9,12-14H,3-5,10-11H2,1-2H3,(H,25,28). The summed E-state index contributed by atoms with van der Waals surface area (Å²) in [6.07, 6.45) is 6.80. The molecule has 3 heterocycles. The van der Waals surface area contributed by atoms with Crippen molar-refractivity contribution in [3.05, 3.63) is 59.5 Å². The Balaban J connectivity index is 1.29. The van der Waals surface area contributed by atoms with Gasteiger partial charge in [-0.1, -0.05) is 6.42 Å². The highest BCUT2D eigenvalue weighted by Crippen LogP contribution is 2.46. The largest absolute Gasteiger partial charge is 0.448 e. The van der Waals surface area contributed by atoms with Crippen molar-refractivity contribution in [3.63, 3.8) is 0 Å². The zero-order chi connectivity index (χ0) is 20.7. The van der Waals surface area contributed by atoms with Crippen molar-refractivity contribution < 1.29 is 14.3 Å². The molecule has 0 radical (unpaired) electrons. The van der Waals surface area contributed by atoms with Gasteiger partial charge < -0.3 is 14.8 Å². The van der Waals surface area contributed by atoms with E-state index < -0.39 is 5.79 Å². The average molecular weight is 404 g/mol. The number of aromatic nitrogens is 3. The van der Waals surface area contributed by atoms with E-state index in [-0.39, 0.29) is 5.91 Å². The van der Waals surface area contributed by atoms with Crippen LogP contribution in [-0.2, 0) is 0 Å². The van der Waals surface area contributed by atoms with Crippen LogP contribution >= 0.6 is 0 Å². The van der Waals surface area contributed by atoms with Crippen LogP contribution in [-0.4, -0.2) is 26.5 Å². The third-order valence-electron chi connectivity index (χ3n) is 5.65. The first-order valence-corrected chi connectivity index (χ1v) is 10.3. The van der Waals surface area contributed by atoms with Crippen molar-refractivity contribution in [2.45, 2.75) is 51.7 Å². The van der Waals surface area contributed by atoms with E-state index >= 15 is 0 Å². The Morgan fingerprint density at radius 2 is 1.83 bits per heavy atom. The number of carbonyl (C=O) groups is 1. The monoisotopic (exact) mass is 404 g/mol. The van der Waals surface area contributed by atoms with Gasteiger partial charge in [0, 0.05) is 36.5 Å². The van der Waals surface area contributed by atoms with E-state index in [9.17, 15) is 4.79 Å². The summed E-state index contributed by atoms with van der Waals surface area (Å²) in [5, 5.41) is 7.34. The Labute approximate surface area is 175 Å². The van der Waals surface area contributed by atoms with Gasteiger partial charge >= 0.3 is 0 Å². The van der Waals surface area contributed by atoms with E-state index in [0.29, 0.717) is 22.8 Å². The number of carbonyl (C=O) groups excluding carboxylic acids is 1. The molecular formula is C23H24N4O3. The van der Waals surface area contributed by atoms with Crippen LogP contribution in [0.1, 0.15) is 53.8 Å². The van der Waals surface area contributed by atoms with Gasteiger partial charge in [0.25, 0.3) is 11.7 Å². The zero-order valence-electron chi connectivity index (χ0n) is 17.1. The Kier molecular flexibility index (Phi) is 4.46.